The van der Waals surface area contributed by atoms with Gasteiger partial charge in [-0.25, -0.2) is 4.98 Å². The number of esters is 1. The first-order valence-corrected chi connectivity index (χ1v) is 6.21. The van der Waals surface area contributed by atoms with Crippen molar-refractivity contribution in [3.05, 3.63) is 48.0 Å². The Morgan fingerprint density at radius 1 is 1.40 bits per heavy atom. The van der Waals surface area contributed by atoms with Crippen LogP contribution in [0.1, 0.15) is 11.3 Å². The van der Waals surface area contributed by atoms with E-state index in [-0.39, 0.29) is 6.61 Å². The van der Waals surface area contributed by atoms with Gasteiger partial charge in [0.15, 0.2) is 0 Å². The average Bonchev–Trinajstić information content (AvgIpc) is 2.98. The van der Waals surface area contributed by atoms with Gasteiger partial charge < -0.3 is 20.2 Å². The zero-order chi connectivity index (χ0) is 14.4. The summed E-state index contributed by atoms with van der Waals surface area (Å²) in [5.41, 5.74) is 7.46. The molecule has 0 spiro atoms. The molecule has 0 saturated carbocycles. The van der Waals surface area contributed by atoms with Crippen molar-refractivity contribution < 1.29 is 14.3 Å². The molecule has 0 radical (unpaired) electrons. The van der Waals surface area contributed by atoms with E-state index in [0.717, 1.165) is 17.0 Å². The smallest absolute Gasteiger partial charge is 0.323 e. The highest BCUT2D eigenvalue weighted by molar-refractivity contribution is 5.75. The van der Waals surface area contributed by atoms with Crippen molar-refractivity contribution in [2.45, 2.75) is 19.1 Å². The third kappa shape index (κ3) is 3.83. The maximum absolute atomic E-state index is 11.8. The number of hydrogen-bond acceptors (Lipinski definition) is 5. The van der Waals surface area contributed by atoms with Gasteiger partial charge in [0.25, 0.3) is 0 Å². The summed E-state index contributed by atoms with van der Waals surface area (Å²) >= 11 is 0. The van der Waals surface area contributed by atoms with Crippen LogP contribution in [0.3, 0.4) is 0 Å². The van der Waals surface area contributed by atoms with Gasteiger partial charge in [-0.2, -0.15) is 0 Å². The Balaban J connectivity index is 1.81. The number of nitrogens with one attached hydrogen (secondary N) is 1. The van der Waals surface area contributed by atoms with Crippen LogP contribution in [-0.2, 0) is 22.6 Å². The van der Waals surface area contributed by atoms with E-state index in [4.69, 9.17) is 15.2 Å². The van der Waals surface area contributed by atoms with E-state index in [1.165, 1.54) is 0 Å². The summed E-state index contributed by atoms with van der Waals surface area (Å²) in [5.74, 6) is 0.325. The highest BCUT2D eigenvalue weighted by atomic mass is 16.5. The van der Waals surface area contributed by atoms with E-state index in [2.05, 4.69) is 9.97 Å². The molecule has 20 heavy (non-hydrogen) atoms. The molecule has 0 aliphatic carbocycles. The number of rotatable bonds is 6. The second kappa shape index (κ2) is 6.72. The molecular formula is C14H17N3O3. The first-order chi connectivity index (χ1) is 9.69. The number of ether oxygens (including phenoxy) is 2. The normalized spacial score (nSPS) is 11.9. The molecule has 0 bridgehead atoms. The molecule has 1 atom stereocenters. The highest BCUT2D eigenvalue weighted by Crippen LogP contribution is 2.12. The number of carbonyl (C=O) groups is 1. The number of nitrogens with two attached hydrogens (primary N) is 1. The lowest BCUT2D eigenvalue weighted by Gasteiger charge is -2.11. The Labute approximate surface area is 116 Å². The van der Waals surface area contributed by atoms with Crippen LogP contribution in [0.4, 0.5) is 0 Å². The zero-order valence-electron chi connectivity index (χ0n) is 11.2. The summed E-state index contributed by atoms with van der Waals surface area (Å²) < 4.78 is 10.2. The third-order valence-corrected chi connectivity index (χ3v) is 2.84. The lowest BCUT2D eigenvalue weighted by Crippen LogP contribution is -2.34. The molecule has 1 aromatic carbocycles. The lowest BCUT2D eigenvalue weighted by atomic mass is 10.2. The van der Waals surface area contributed by atoms with E-state index in [0.29, 0.717) is 6.42 Å². The maximum Gasteiger partial charge on any atom is 0.323 e. The number of H-pyrrole nitrogens is 1. The zero-order valence-corrected chi connectivity index (χ0v) is 11.2. The van der Waals surface area contributed by atoms with Gasteiger partial charge in [0.05, 0.1) is 13.4 Å². The summed E-state index contributed by atoms with van der Waals surface area (Å²) in [7, 11) is 1.60. The van der Waals surface area contributed by atoms with E-state index in [9.17, 15) is 4.79 Å². The molecule has 106 valence electrons. The van der Waals surface area contributed by atoms with Crippen LogP contribution in [0.5, 0.6) is 5.75 Å². The van der Waals surface area contributed by atoms with Crippen molar-refractivity contribution >= 4 is 5.97 Å². The predicted molar refractivity (Wildman–Crippen MR) is 73.1 cm³/mol. The summed E-state index contributed by atoms with van der Waals surface area (Å²) in [5, 5.41) is 0. The quantitative estimate of drug-likeness (QED) is 0.768. The standard InChI is InChI=1S/C14H17N3O3/c1-19-12-4-2-10(3-5-12)8-20-14(18)13(15)6-11-7-16-9-17-11/h2-5,7,9,13H,6,8,15H2,1H3,(H,16,17)/t13-/m0/s1. The highest BCUT2D eigenvalue weighted by Gasteiger charge is 2.16. The molecule has 0 amide bonds. The predicted octanol–water partition coefficient (Wildman–Crippen LogP) is 1.03. The van der Waals surface area contributed by atoms with Crippen LogP contribution in [0.25, 0.3) is 0 Å². The van der Waals surface area contributed by atoms with Gasteiger partial charge in [-0.3, -0.25) is 4.79 Å². The fourth-order valence-corrected chi connectivity index (χ4v) is 1.70. The Kier molecular flexibility index (Phi) is 4.73. The van der Waals surface area contributed by atoms with Crippen molar-refractivity contribution in [2.24, 2.45) is 5.73 Å². The Morgan fingerprint density at radius 3 is 2.75 bits per heavy atom. The summed E-state index contributed by atoms with van der Waals surface area (Å²) in [6.07, 6.45) is 3.56. The lowest BCUT2D eigenvalue weighted by molar-refractivity contribution is -0.146. The van der Waals surface area contributed by atoms with E-state index in [1.54, 1.807) is 19.6 Å². The van der Waals surface area contributed by atoms with Crippen LogP contribution in [-0.4, -0.2) is 29.1 Å². The van der Waals surface area contributed by atoms with Gasteiger partial charge in [0.2, 0.25) is 0 Å². The van der Waals surface area contributed by atoms with Crippen molar-refractivity contribution in [3.63, 3.8) is 0 Å². The second-order valence-electron chi connectivity index (χ2n) is 4.34. The van der Waals surface area contributed by atoms with Crippen molar-refractivity contribution in [1.29, 1.82) is 0 Å². The molecule has 2 rings (SSSR count). The van der Waals surface area contributed by atoms with Crippen molar-refractivity contribution in [1.82, 2.24) is 9.97 Å². The number of benzene rings is 1. The molecule has 0 aliphatic rings. The average molecular weight is 275 g/mol. The Bertz CT molecular complexity index is 537. The number of aromatic amines is 1. The minimum atomic E-state index is -0.700. The van der Waals surface area contributed by atoms with Crippen LogP contribution in [0, 0.1) is 0 Å². The first-order valence-electron chi connectivity index (χ1n) is 6.21. The molecule has 0 fully saturated rings. The van der Waals surface area contributed by atoms with Gasteiger partial charge in [0.1, 0.15) is 18.4 Å². The minimum absolute atomic E-state index is 0.194. The second-order valence-corrected chi connectivity index (χ2v) is 4.34. The summed E-state index contributed by atoms with van der Waals surface area (Å²) in [6.45, 7) is 0.194. The monoisotopic (exact) mass is 275 g/mol. The molecule has 0 unspecified atom stereocenters. The molecular weight excluding hydrogens is 258 g/mol. The molecule has 6 nitrogen and oxygen atoms in total. The van der Waals surface area contributed by atoms with Gasteiger partial charge in [0, 0.05) is 18.3 Å². The van der Waals surface area contributed by atoms with Crippen LogP contribution >= 0.6 is 0 Å². The Hall–Kier alpha value is -2.34. The Morgan fingerprint density at radius 2 is 2.15 bits per heavy atom. The van der Waals surface area contributed by atoms with Crippen molar-refractivity contribution in [2.75, 3.05) is 7.11 Å². The van der Waals surface area contributed by atoms with E-state index >= 15 is 0 Å². The number of aromatic nitrogens is 2. The minimum Gasteiger partial charge on any atom is -0.497 e. The van der Waals surface area contributed by atoms with Gasteiger partial charge >= 0.3 is 5.97 Å². The van der Waals surface area contributed by atoms with E-state index in [1.807, 2.05) is 24.3 Å². The number of imidazole rings is 1. The molecule has 1 heterocycles. The summed E-state index contributed by atoms with van der Waals surface area (Å²) in [4.78, 5) is 18.5. The summed E-state index contributed by atoms with van der Waals surface area (Å²) in [6, 6.07) is 6.61. The topological polar surface area (TPSA) is 90.2 Å². The molecule has 3 N–H and O–H groups in total. The molecule has 2 aromatic rings. The SMILES string of the molecule is COc1ccc(COC(=O)[C@@H](N)Cc2cnc[nH]2)cc1. The first kappa shape index (κ1) is 14.1. The third-order valence-electron chi connectivity index (χ3n) is 2.84. The molecule has 0 saturated heterocycles. The number of methoxy groups -OCH3 is 1. The maximum atomic E-state index is 11.8. The fourth-order valence-electron chi connectivity index (χ4n) is 1.70. The fraction of sp³-hybridized carbons (Fsp3) is 0.286. The van der Waals surface area contributed by atoms with Crippen molar-refractivity contribution in [3.8, 4) is 5.75 Å². The number of hydrogen-bond donors (Lipinski definition) is 2. The van der Waals surface area contributed by atoms with Gasteiger partial charge in [-0.05, 0) is 17.7 Å². The van der Waals surface area contributed by atoms with Gasteiger partial charge in [-0.15, -0.1) is 0 Å². The van der Waals surface area contributed by atoms with Crippen LogP contribution in [0.2, 0.25) is 0 Å². The number of nitrogens with zero attached hydrogens (tertiary/aromatic N) is 1. The van der Waals surface area contributed by atoms with Gasteiger partial charge in [-0.1, -0.05) is 12.1 Å². The largest absolute Gasteiger partial charge is 0.497 e. The number of carbonyl (C=O) groups excluding carboxylic acids is 1. The molecule has 0 aliphatic heterocycles. The van der Waals surface area contributed by atoms with E-state index < -0.39 is 12.0 Å². The van der Waals surface area contributed by atoms with Crippen LogP contribution in [0.15, 0.2) is 36.8 Å². The molecule has 1 aromatic heterocycles. The van der Waals surface area contributed by atoms with Crippen LogP contribution < -0.4 is 10.5 Å². The molecule has 6 heteroatoms.